The van der Waals surface area contributed by atoms with Crippen LogP contribution in [-0.4, -0.2) is 43.2 Å². The first kappa shape index (κ1) is 21.9. The fraction of sp³-hybridized carbons (Fsp3) is 0.632. The van der Waals surface area contributed by atoms with Crippen LogP contribution in [-0.2, 0) is 14.0 Å². The van der Waals surface area contributed by atoms with Crippen LogP contribution in [0.5, 0.6) is 5.75 Å². The molecule has 0 unspecified atom stereocenters. The van der Waals surface area contributed by atoms with Gasteiger partial charge in [0.05, 0.1) is 22.8 Å². The molecule has 1 aliphatic heterocycles. The van der Waals surface area contributed by atoms with Crippen molar-refractivity contribution in [2.24, 2.45) is 0 Å². The smallest absolute Gasteiger partial charge is 0.490 e. The number of benzene rings is 1. The van der Waals surface area contributed by atoms with Gasteiger partial charge in [-0.25, -0.2) is 4.79 Å². The van der Waals surface area contributed by atoms with Crippen LogP contribution in [0.4, 0.5) is 4.79 Å². The zero-order valence-corrected chi connectivity index (χ0v) is 17.9. The molecule has 1 N–H and O–H groups in total. The number of hydrogen-bond acceptors (Lipinski definition) is 5. The molecule has 1 amide bonds. The Balaban J connectivity index is 1.88. The average molecular weight is 398 g/mol. The largest absolute Gasteiger partial charge is 0.494 e. The number of halogens is 1. The maximum atomic E-state index is 11.6. The van der Waals surface area contributed by atoms with Gasteiger partial charge in [0.15, 0.2) is 0 Å². The van der Waals surface area contributed by atoms with Gasteiger partial charge >= 0.3 is 13.2 Å². The van der Waals surface area contributed by atoms with E-state index in [-0.39, 0.29) is 6.61 Å². The molecular weight excluding hydrogens is 368 g/mol. The summed E-state index contributed by atoms with van der Waals surface area (Å²) < 4.78 is 22.8. The van der Waals surface area contributed by atoms with Crippen molar-refractivity contribution in [3.05, 3.63) is 23.2 Å². The van der Waals surface area contributed by atoms with Crippen LogP contribution >= 0.6 is 11.6 Å². The van der Waals surface area contributed by atoms with E-state index in [1.54, 1.807) is 12.1 Å². The summed E-state index contributed by atoms with van der Waals surface area (Å²) in [5, 5.41) is 3.09. The Hall–Kier alpha value is -1.44. The summed E-state index contributed by atoms with van der Waals surface area (Å²) in [6, 6.07) is 5.42. The van der Waals surface area contributed by atoms with Gasteiger partial charge in [-0.3, -0.25) is 0 Å². The average Bonchev–Trinajstić information content (AvgIpc) is 2.71. The molecule has 0 aromatic heterocycles. The predicted octanol–water partition coefficient (Wildman–Crippen LogP) is 3.54. The lowest BCUT2D eigenvalue weighted by atomic mass is 9.79. The Morgan fingerprint density at radius 2 is 1.78 bits per heavy atom. The van der Waals surface area contributed by atoms with E-state index < -0.39 is 30.0 Å². The van der Waals surface area contributed by atoms with Crippen molar-refractivity contribution >= 4 is 30.3 Å². The number of hydrogen-bond donors (Lipinski definition) is 1. The molecular formula is C19H29BClNO5. The van der Waals surface area contributed by atoms with E-state index in [0.29, 0.717) is 17.3 Å². The van der Waals surface area contributed by atoms with Gasteiger partial charge in [-0.2, -0.15) is 0 Å². The Labute approximate surface area is 167 Å². The molecule has 1 aromatic rings. The van der Waals surface area contributed by atoms with Crippen molar-refractivity contribution in [3.63, 3.8) is 0 Å². The number of amides is 1. The fourth-order valence-corrected chi connectivity index (χ4v) is 2.63. The highest BCUT2D eigenvalue weighted by atomic mass is 35.5. The topological polar surface area (TPSA) is 66.0 Å². The van der Waals surface area contributed by atoms with Crippen LogP contribution < -0.4 is 15.5 Å². The first-order chi connectivity index (χ1) is 12.3. The van der Waals surface area contributed by atoms with Gasteiger partial charge in [0.25, 0.3) is 0 Å². The third kappa shape index (κ3) is 5.77. The number of carbonyl (C=O) groups excluding carboxylic acids is 1. The van der Waals surface area contributed by atoms with Crippen molar-refractivity contribution in [2.75, 3.05) is 13.2 Å². The van der Waals surface area contributed by atoms with Gasteiger partial charge in [0.1, 0.15) is 18.0 Å². The Bertz CT molecular complexity index is 671. The van der Waals surface area contributed by atoms with Gasteiger partial charge in [-0.05, 0) is 66.1 Å². The number of ether oxygens (including phenoxy) is 2. The van der Waals surface area contributed by atoms with Gasteiger partial charge in [-0.1, -0.05) is 17.7 Å². The number of carbonyl (C=O) groups is 1. The van der Waals surface area contributed by atoms with Crippen LogP contribution in [0.25, 0.3) is 0 Å². The first-order valence-electron chi connectivity index (χ1n) is 9.05. The minimum atomic E-state index is -0.530. The Kier molecular flexibility index (Phi) is 6.39. The number of alkyl carbamates (subject to hydrolysis) is 1. The minimum absolute atomic E-state index is 0.273. The second kappa shape index (κ2) is 7.90. The highest BCUT2D eigenvalue weighted by Gasteiger charge is 2.51. The summed E-state index contributed by atoms with van der Waals surface area (Å²) in [7, 11) is -0.476. The van der Waals surface area contributed by atoms with Crippen LogP contribution in [0.1, 0.15) is 48.5 Å². The maximum Gasteiger partial charge on any atom is 0.494 e. The molecule has 2 rings (SSSR count). The van der Waals surface area contributed by atoms with Gasteiger partial charge in [-0.15, -0.1) is 0 Å². The van der Waals surface area contributed by atoms with E-state index in [0.717, 1.165) is 5.46 Å². The van der Waals surface area contributed by atoms with E-state index in [1.807, 2.05) is 54.5 Å². The molecule has 1 aromatic carbocycles. The SMILES string of the molecule is CC(C)(C)OC(=O)NCCOc1ccc(B2OC(C)(C)C(C)(C)O2)cc1Cl. The van der Waals surface area contributed by atoms with E-state index in [2.05, 4.69) is 5.32 Å². The van der Waals surface area contributed by atoms with E-state index >= 15 is 0 Å². The lowest BCUT2D eigenvalue weighted by Crippen LogP contribution is -2.41. The molecule has 1 heterocycles. The minimum Gasteiger partial charge on any atom is -0.490 e. The molecule has 150 valence electrons. The zero-order chi connectivity index (χ0) is 20.5. The molecule has 27 heavy (non-hydrogen) atoms. The second-order valence-electron chi connectivity index (χ2n) is 8.56. The summed E-state index contributed by atoms with van der Waals surface area (Å²) in [6.45, 7) is 14.0. The van der Waals surface area contributed by atoms with E-state index in [4.69, 9.17) is 30.4 Å². The monoisotopic (exact) mass is 397 g/mol. The lowest BCUT2D eigenvalue weighted by Gasteiger charge is -2.32. The predicted molar refractivity (Wildman–Crippen MR) is 107 cm³/mol. The molecule has 0 saturated carbocycles. The summed E-state index contributed by atoms with van der Waals surface area (Å²) in [6.07, 6.45) is -0.478. The quantitative estimate of drug-likeness (QED) is 0.608. The first-order valence-corrected chi connectivity index (χ1v) is 9.43. The van der Waals surface area contributed by atoms with Gasteiger partial charge in [0.2, 0.25) is 0 Å². The Morgan fingerprint density at radius 3 is 2.30 bits per heavy atom. The third-order valence-corrected chi connectivity index (χ3v) is 4.80. The van der Waals surface area contributed by atoms with Crippen LogP contribution in [0.15, 0.2) is 18.2 Å². The lowest BCUT2D eigenvalue weighted by molar-refractivity contribution is 0.00578. The van der Waals surface area contributed by atoms with Crippen molar-refractivity contribution < 1.29 is 23.6 Å². The summed E-state index contributed by atoms with van der Waals surface area (Å²) in [4.78, 5) is 11.6. The maximum absolute atomic E-state index is 11.6. The van der Waals surface area contributed by atoms with Crippen LogP contribution in [0.2, 0.25) is 5.02 Å². The number of nitrogens with one attached hydrogen (secondary N) is 1. The molecule has 1 saturated heterocycles. The molecule has 0 spiro atoms. The molecule has 0 radical (unpaired) electrons. The van der Waals surface area contributed by atoms with Crippen molar-refractivity contribution in [2.45, 2.75) is 65.3 Å². The molecule has 8 heteroatoms. The van der Waals surface area contributed by atoms with Crippen molar-refractivity contribution in [1.82, 2.24) is 5.32 Å². The molecule has 6 nitrogen and oxygen atoms in total. The molecule has 0 bridgehead atoms. The van der Waals surface area contributed by atoms with E-state index in [1.165, 1.54) is 0 Å². The van der Waals surface area contributed by atoms with Gasteiger partial charge < -0.3 is 24.1 Å². The molecule has 0 atom stereocenters. The fourth-order valence-electron chi connectivity index (χ4n) is 2.39. The molecule has 0 aliphatic carbocycles. The van der Waals surface area contributed by atoms with Gasteiger partial charge in [0, 0.05) is 0 Å². The van der Waals surface area contributed by atoms with E-state index in [9.17, 15) is 4.79 Å². The third-order valence-electron chi connectivity index (χ3n) is 4.51. The van der Waals surface area contributed by atoms with Crippen molar-refractivity contribution in [3.8, 4) is 5.75 Å². The standard InChI is InChI=1S/C19H29BClNO5/c1-17(2,3)25-16(23)22-10-11-24-15-9-8-13(12-14(15)21)20-26-18(4,5)19(6,7)27-20/h8-9,12H,10-11H2,1-7H3,(H,22,23). The van der Waals surface area contributed by atoms with Crippen molar-refractivity contribution in [1.29, 1.82) is 0 Å². The summed E-state index contributed by atoms with van der Waals surface area (Å²) in [5.74, 6) is 0.530. The summed E-state index contributed by atoms with van der Waals surface area (Å²) in [5.41, 5.74) is -0.519. The zero-order valence-electron chi connectivity index (χ0n) is 17.1. The highest BCUT2D eigenvalue weighted by Crippen LogP contribution is 2.37. The highest BCUT2D eigenvalue weighted by molar-refractivity contribution is 6.62. The Morgan fingerprint density at radius 1 is 1.19 bits per heavy atom. The second-order valence-corrected chi connectivity index (χ2v) is 8.96. The number of rotatable bonds is 5. The summed E-state index contributed by atoms with van der Waals surface area (Å²) >= 11 is 6.33. The molecule has 1 fully saturated rings. The normalized spacial score (nSPS) is 18.3. The molecule has 1 aliphatic rings. The van der Waals surface area contributed by atoms with Crippen LogP contribution in [0, 0.1) is 0 Å². The van der Waals surface area contributed by atoms with Crippen LogP contribution in [0.3, 0.4) is 0 Å².